The average Bonchev–Trinajstić information content (AvgIpc) is 2.55. The van der Waals surface area contributed by atoms with Crippen LogP contribution in [-0.2, 0) is 4.74 Å². The molecule has 0 radical (unpaired) electrons. The van der Waals surface area contributed by atoms with Crippen molar-refractivity contribution in [3.63, 3.8) is 0 Å². The predicted octanol–water partition coefficient (Wildman–Crippen LogP) is 1.13. The average molecular weight is 321 g/mol. The van der Waals surface area contributed by atoms with Gasteiger partial charge in [0.25, 0.3) is 0 Å². The van der Waals surface area contributed by atoms with E-state index < -0.39 is 6.04 Å². The number of rotatable bonds is 6. The molecule has 1 aliphatic rings. The number of benzene rings is 1. The largest absolute Gasteiger partial charge is 0.394 e. The van der Waals surface area contributed by atoms with Crippen molar-refractivity contribution in [1.29, 1.82) is 0 Å². The van der Waals surface area contributed by atoms with Crippen LogP contribution in [0.1, 0.15) is 25.5 Å². The van der Waals surface area contributed by atoms with Crippen molar-refractivity contribution in [2.24, 2.45) is 0 Å². The molecule has 1 atom stereocenters. The molecular formula is C17H27N3O3. The molecule has 3 N–H and O–H groups in total. The lowest BCUT2D eigenvalue weighted by atomic mass is 10.0. The molecule has 1 aromatic carbocycles. The van der Waals surface area contributed by atoms with E-state index in [2.05, 4.69) is 29.4 Å². The third-order valence-corrected chi connectivity index (χ3v) is 4.17. The van der Waals surface area contributed by atoms with Crippen molar-refractivity contribution in [3.8, 4) is 0 Å². The molecule has 1 aliphatic heterocycles. The van der Waals surface area contributed by atoms with Crippen molar-refractivity contribution >= 4 is 6.03 Å². The number of morpholine rings is 1. The van der Waals surface area contributed by atoms with Crippen LogP contribution in [0.4, 0.5) is 4.79 Å². The SMILES string of the molecule is CC1(C)COCCN1CCNC(=O)N[C@H](CO)c1ccccc1. The van der Waals surface area contributed by atoms with Crippen LogP contribution in [0.3, 0.4) is 0 Å². The number of carbonyl (C=O) groups is 1. The number of ether oxygens (including phenoxy) is 1. The first-order chi connectivity index (χ1) is 11.0. The lowest BCUT2D eigenvalue weighted by Gasteiger charge is -2.42. The third kappa shape index (κ3) is 5.20. The lowest BCUT2D eigenvalue weighted by molar-refractivity contribution is -0.0497. The van der Waals surface area contributed by atoms with Gasteiger partial charge in [-0.2, -0.15) is 0 Å². The van der Waals surface area contributed by atoms with Gasteiger partial charge in [-0.15, -0.1) is 0 Å². The van der Waals surface area contributed by atoms with Gasteiger partial charge in [0.05, 0.1) is 25.9 Å². The van der Waals surface area contributed by atoms with E-state index in [1.165, 1.54) is 0 Å². The number of nitrogens with one attached hydrogen (secondary N) is 2. The minimum Gasteiger partial charge on any atom is -0.394 e. The summed E-state index contributed by atoms with van der Waals surface area (Å²) >= 11 is 0. The van der Waals surface area contributed by atoms with Gasteiger partial charge in [0.15, 0.2) is 0 Å². The molecule has 6 nitrogen and oxygen atoms in total. The molecule has 1 heterocycles. The lowest BCUT2D eigenvalue weighted by Crippen LogP contribution is -2.55. The van der Waals surface area contributed by atoms with Gasteiger partial charge in [0, 0.05) is 25.2 Å². The fraction of sp³-hybridized carbons (Fsp3) is 0.588. The van der Waals surface area contributed by atoms with Crippen LogP contribution >= 0.6 is 0 Å². The highest BCUT2D eigenvalue weighted by Gasteiger charge is 2.29. The van der Waals surface area contributed by atoms with Crippen LogP contribution in [0.25, 0.3) is 0 Å². The van der Waals surface area contributed by atoms with Gasteiger partial charge in [-0.1, -0.05) is 30.3 Å². The third-order valence-electron chi connectivity index (χ3n) is 4.17. The highest BCUT2D eigenvalue weighted by Crippen LogP contribution is 2.17. The van der Waals surface area contributed by atoms with E-state index in [-0.39, 0.29) is 18.2 Å². The van der Waals surface area contributed by atoms with E-state index in [0.717, 1.165) is 25.3 Å². The summed E-state index contributed by atoms with van der Waals surface area (Å²) in [6.45, 7) is 7.80. The van der Waals surface area contributed by atoms with Crippen LogP contribution in [0.2, 0.25) is 0 Å². The maximum atomic E-state index is 12.0. The van der Waals surface area contributed by atoms with Crippen molar-refractivity contribution < 1.29 is 14.6 Å². The van der Waals surface area contributed by atoms with E-state index in [1.807, 2.05) is 30.3 Å². The molecule has 0 aromatic heterocycles. The van der Waals surface area contributed by atoms with Gasteiger partial charge < -0.3 is 20.5 Å². The Balaban J connectivity index is 1.76. The molecule has 0 aliphatic carbocycles. The predicted molar refractivity (Wildman–Crippen MR) is 89.3 cm³/mol. The second-order valence-corrected chi connectivity index (χ2v) is 6.40. The minimum absolute atomic E-state index is 0.00587. The highest BCUT2D eigenvalue weighted by atomic mass is 16.5. The normalized spacial score (nSPS) is 19.1. The molecular weight excluding hydrogens is 294 g/mol. The quantitative estimate of drug-likeness (QED) is 0.734. The monoisotopic (exact) mass is 321 g/mol. The summed E-state index contributed by atoms with van der Waals surface area (Å²) in [6, 6.07) is 8.79. The highest BCUT2D eigenvalue weighted by molar-refractivity contribution is 5.74. The fourth-order valence-corrected chi connectivity index (χ4v) is 2.74. The second kappa shape index (κ2) is 8.29. The number of aliphatic hydroxyl groups excluding tert-OH is 1. The second-order valence-electron chi connectivity index (χ2n) is 6.40. The van der Waals surface area contributed by atoms with E-state index in [9.17, 15) is 9.90 Å². The molecule has 1 saturated heterocycles. The molecule has 6 heteroatoms. The number of nitrogens with zero attached hydrogens (tertiary/aromatic N) is 1. The molecule has 0 spiro atoms. The molecule has 0 bridgehead atoms. The van der Waals surface area contributed by atoms with E-state index in [0.29, 0.717) is 13.2 Å². The van der Waals surface area contributed by atoms with Gasteiger partial charge >= 0.3 is 6.03 Å². The molecule has 128 valence electrons. The molecule has 1 aromatic rings. The maximum Gasteiger partial charge on any atom is 0.315 e. The van der Waals surface area contributed by atoms with Crippen molar-refractivity contribution in [1.82, 2.24) is 15.5 Å². The molecule has 2 amide bonds. The summed E-state index contributed by atoms with van der Waals surface area (Å²) < 4.78 is 5.49. The molecule has 0 saturated carbocycles. The van der Waals surface area contributed by atoms with Crippen LogP contribution < -0.4 is 10.6 Å². The molecule has 23 heavy (non-hydrogen) atoms. The Kier molecular flexibility index (Phi) is 6.38. The topological polar surface area (TPSA) is 73.8 Å². The minimum atomic E-state index is -0.393. The number of urea groups is 1. The molecule has 2 rings (SSSR count). The number of hydrogen-bond acceptors (Lipinski definition) is 4. The van der Waals surface area contributed by atoms with Crippen LogP contribution in [0.15, 0.2) is 30.3 Å². The van der Waals surface area contributed by atoms with Gasteiger partial charge in [-0.05, 0) is 19.4 Å². The Hall–Kier alpha value is -1.63. The zero-order valence-electron chi connectivity index (χ0n) is 13.9. The summed E-state index contributed by atoms with van der Waals surface area (Å²) in [4.78, 5) is 14.3. The molecule has 1 fully saturated rings. The van der Waals surface area contributed by atoms with Crippen LogP contribution in [0, 0.1) is 0 Å². The van der Waals surface area contributed by atoms with Crippen molar-refractivity contribution in [2.75, 3.05) is 39.5 Å². The van der Waals surface area contributed by atoms with E-state index in [4.69, 9.17) is 4.74 Å². The zero-order chi connectivity index (χ0) is 16.7. The maximum absolute atomic E-state index is 12.0. The van der Waals surface area contributed by atoms with Gasteiger partial charge in [-0.3, -0.25) is 4.90 Å². The zero-order valence-corrected chi connectivity index (χ0v) is 13.9. The van der Waals surface area contributed by atoms with Crippen LogP contribution in [-0.4, -0.2) is 61.0 Å². The summed E-state index contributed by atoms with van der Waals surface area (Å²) in [5, 5.41) is 15.1. The van der Waals surface area contributed by atoms with Gasteiger partial charge in [0.1, 0.15) is 0 Å². The summed E-state index contributed by atoms with van der Waals surface area (Å²) in [5.74, 6) is 0. The first kappa shape index (κ1) is 17.7. The van der Waals surface area contributed by atoms with Crippen molar-refractivity contribution in [2.45, 2.75) is 25.4 Å². The van der Waals surface area contributed by atoms with Gasteiger partial charge in [0.2, 0.25) is 0 Å². The Morgan fingerprint density at radius 2 is 2.13 bits per heavy atom. The molecule has 0 unspecified atom stereocenters. The Bertz CT molecular complexity index is 493. The Labute approximate surface area is 137 Å². The smallest absolute Gasteiger partial charge is 0.315 e. The van der Waals surface area contributed by atoms with Crippen LogP contribution in [0.5, 0.6) is 0 Å². The number of carbonyl (C=O) groups excluding carboxylic acids is 1. The first-order valence-electron chi connectivity index (χ1n) is 8.06. The fourth-order valence-electron chi connectivity index (χ4n) is 2.74. The van der Waals surface area contributed by atoms with Crippen molar-refractivity contribution in [3.05, 3.63) is 35.9 Å². The number of amides is 2. The summed E-state index contributed by atoms with van der Waals surface area (Å²) in [7, 11) is 0. The summed E-state index contributed by atoms with van der Waals surface area (Å²) in [5.41, 5.74) is 0.883. The standard InChI is InChI=1S/C17H27N3O3/c1-17(2)13-23-11-10-20(17)9-8-18-16(22)19-15(12-21)14-6-4-3-5-7-14/h3-7,15,21H,8-13H2,1-2H3,(H2,18,19,22)/t15-/m1/s1. The van der Waals surface area contributed by atoms with E-state index in [1.54, 1.807) is 0 Å². The van der Waals surface area contributed by atoms with Gasteiger partial charge in [-0.25, -0.2) is 4.79 Å². The number of aliphatic hydroxyl groups is 1. The van der Waals surface area contributed by atoms with E-state index >= 15 is 0 Å². The number of hydrogen-bond donors (Lipinski definition) is 3. The Morgan fingerprint density at radius 1 is 1.39 bits per heavy atom. The first-order valence-corrected chi connectivity index (χ1v) is 8.06. The summed E-state index contributed by atoms with van der Waals surface area (Å²) in [6.07, 6.45) is 0. The Morgan fingerprint density at radius 3 is 2.78 bits per heavy atom.